The maximum absolute atomic E-state index is 13.0. The van der Waals surface area contributed by atoms with Crippen molar-refractivity contribution in [2.75, 3.05) is 38.2 Å². The van der Waals surface area contributed by atoms with Crippen LogP contribution in [0.15, 0.2) is 52.9 Å². The topological polar surface area (TPSA) is 81.0 Å². The van der Waals surface area contributed by atoms with Crippen molar-refractivity contribution in [1.82, 2.24) is 4.90 Å². The van der Waals surface area contributed by atoms with Crippen molar-refractivity contribution >= 4 is 28.5 Å². The highest BCUT2D eigenvalue weighted by molar-refractivity contribution is 6.10. The summed E-state index contributed by atoms with van der Waals surface area (Å²) in [5, 5.41) is 3.61. The van der Waals surface area contributed by atoms with Crippen molar-refractivity contribution in [3.63, 3.8) is 0 Å². The summed E-state index contributed by atoms with van der Waals surface area (Å²) in [6.45, 7) is 4.43. The molecule has 2 amide bonds. The standard InChI is InChI=1S/C24H26N2O5/c1-17-6-4-7-18(16-17)30-13-5-10-21(27)25-22-19-8-2-3-9-20(19)31-23(22)24(28)26-11-14-29-15-12-26/h2-4,6-9,16H,5,10-15H2,1H3,(H,25,27). The Hall–Kier alpha value is -3.32. The Bertz CT molecular complexity index is 1070. The van der Waals surface area contributed by atoms with E-state index in [0.717, 1.165) is 11.3 Å². The summed E-state index contributed by atoms with van der Waals surface area (Å²) in [7, 11) is 0. The number of rotatable bonds is 7. The van der Waals surface area contributed by atoms with E-state index >= 15 is 0 Å². The highest BCUT2D eigenvalue weighted by atomic mass is 16.5. The van der Waals surface area contributed by atoms with Crippen LogP contribution in [0.25, 0.3) is 11.0 Å². The summed E-state index contributed by atoms with van der Waals surface area (Å²) in [5.41, 5.74) is 2.12. The van der Waals surface area contributed by atoms with Gasteiger partial charge < -0.3 is 24.1 Å². The zero-order valence-electron chi connectivity index (χ0n) is 17.6. The van der Waals surface area contributed by atoms with Crippen LogP contribution in [0.1, 0.15) is 29.0 Å². The van der Waals surface area contributed by atoms with Gasteiger partial charge in [0.1, 0.15) is 17.0 Å². The molecule has 0 aliphatic carbocycles. The lowest BCUT2D eigenvalue weighted by Crippen LogP contribution is -2.40. The van der Waals surface area contributed by atoms with E-state index in [-0.39, 0.29) is 24.0 Å². The molecule has 1 saturated heterocycles. The third-order valence-corrected chi connectivity index (χ3v) is 5.16. The fourth-order valence-corrected chi connectivity index (χ4v) is 3.56. The van der Waals surface area contributed by atoms with Crippen LogP contribution < -0.4 is 10.1 Å². The van der Waals surface area contributed by atoms with Crippen molar-refractivity contribution in [2.45, 2.75) is 19.8 Å². The van der Waals surface area contributed by atoms with Crippen LogP contribution >= 0.6 is 0 Å². The summed E-state index contributed by atoms with van der Waals surface area (Å²) < 4.78 is 16.9. The van der Waals surface area contributed by atoms with Gasteiger partial charge in [-0.15, -0.1) is 0 Å². The first-order valence-corrected chi connectivity index (χ1v) is 10.5. The normalized spacial score (nSPS) is 13.9. The molecule has 0 bridgehead atoms. The Morgan fingerprint density at radius 3 is 2.71 bits per heavy atom. The first kappa shape index (κ1) is 20.9. The van der Waals surface area contributed by atoms with Crippen LogP contribution in [-0.4, -0.2) is 49.6 Å². The van der Waals surface area contributed by atoms with Crippen LogP contribution in [0.4, 0.5) is 5.69 Å². The van der Waals surface area contributed by atoms with Crippen molar-refractivity contribution in [2.24, 2.45) is 0 Å². The van der Waals surface area contributed by atoms with Crippen molar-refractivity contribution in [3.8, 4) is 5.75 Å². The van der Waals surface area contributed by atoms with Crippen LogP contribution in [0, 0.1) is 6.92 Å². The van der Waals surface area contributed by atoms with E-state index in [9.17, 15) is 9.59 Å². The number of benzene rings is 2. The van der Waals surface area contributed by atoms with Crippen LogP contribution in [0.5, 0.6) is 5.75 Å². The Morgan fingerprint density at radius 1 is 1.10 bits per heavy atom. The molecule has 162 valence electrons. The number of para-hydroxylation sites is 1. The van der Waals surface area contributed by atoms with Gasteiger partial charge in [0.05, 0.1) is 19.8 Å². The molecule has 1 fully saturated rings. The minimum atomic E-state index is -0.238. The SMILES string of the molecule is Cc1cccc(OCCCC(=O)Nc2c(C(=O)N3CCOCC3)oc3ccccc23)c1. The Morgan fingerprint density at radius 2 is 1.90 bits per heavy atom. The van der Waals surface area contributed by atoms with E-state index in [4.69, 9.17) is 13.9 Å². The third kappa shape index (κ3) is 5.06. The lowest BCUT2D eigenvalue weighted by molar-refractivity contribution is -0.116. The summed E-state index contributed by atoms with van der Waals surface area (Å²) in [5.74, 6) is 0.528. The molecule has 0 radical (unpaired) electrons. The van der Waals surface area contributed by atoms with E-state index in [0.29, 0.717) is 56.0 Å². The van der Waals surface area contributed by atoms with Gasteiger partial charge in [0.25, 0.3) is 5.91 Å². The zero-order chi connectivity index (χ0) is 21.6. The molecule has 0 saturated carbocycles. The number of carbonyl (C=O) groups excluding carboxylic acids is 2. The number of furan rings is 1. The van der Waals surface area contributed by atoms with Crippen molar-refractivity contribution < 1.29 is 23.5 Å². The molecule has 2 aromatic carbocycles. The number of nitrogens with one attached hydrogen (secondary N) is 1. The molecule has 4 rings (SSSR count). The molecule has 1 aromatic heterocycles. The summed E-state index contributed by atoms with van der Waals surface area (Å²) >= 11 is 0. The number of hydrogen-bond donors (Lipinski definition) is 1. The molecule has 0 unspecified atom stereocenters. The molecular weight excluding hydrogens is 396 g/mol. The average Bonchev–Trinajstić information content (AvgIpc) is 3.15. The molecule has 31 heavy (non-hydrogen) atoms. The molecule has 2 heterocycles. The molecule has 1 aliphatic heterocycles. The van der Waals surface area contributed by atoms with Gasteiger partial charge in [-0.25, -0.2) is 0 Å². The largest absolute Gasteiger partial charge is 0.494 e. The van der Waals surface area contributed by atoms with Crippen molar-refractivity contribution in [1.29, 1.82) is 0 Å². The average molecular weight is 422 g/mol. The lowest BCUT2D eigenvalue weighted by atomic mass is 10.2. The predicted octanol–water partition coefficient (Wildman–Crippen LogP) is 4.01. The smallest absolute Gasteiger partial charge is 0.291 e. The summed E-state index contributed by atoms with van der Waals surface area (Å²) in [4.78, 5) is 27.3. The number of anilines is 1. The maximum atomic E-state index is 13.0. The van der Waals surface area contributed by atoms with Crippen LogP contribution in [0.2, 0.25) is 0 Å². The molecule has 1 aliphatic rings. The van der Waals surface area contributed by atoms with Crippen molar-refractivity contribution in [3.05, 3.63) is 59.9 Å². The van der Waals surface area contributed by atoms with Gasteiger partial charge in [0.15, 0.2) is 0 Å². The highest BCUT2D eigenvalue weighted by Gasteiger charge is 2.27. The molecule has 3 aromatic rings. The quantitative estimate of drug-likeness (QED) is 0.582. The minimum Gasteiger partial charge on any atom is -0.494 e. The molecular formula is C24H26N2O5. The van der Waals surface area contributed by atoms with E-state index in [1.807, 2.05) is 49.4 Å². The van der Waals surface area contributed by atoms with E-state index in [2.05, 4.69) is 5.32 Å². The highest BCUT2D eigenvalue weighted by Crippen LogP contribution is 2.32. The molecule has 7 heteroatoms. The van der Waals surface area contributed by atoms with Gasteiger partial charge in [0.2, 0.25) is 11.7 Å². The minimum absolute atomic E-state index is 0.160. The van der Waals surface area contributed by atoms with Gasteiger partial charge in [-0.2, -0.15) is 0 Å². The molecule has 7 nitrogen and oxygen atoms in total. The second-order valence-corrected chi connectivity index (χ2v) is 7.52. The molecule has 0 atom stereocenters. The molecule has 1 N–H and O–H groups in total. The fraction of sp³-hybridized carbons (Fsp3) is 0.333. The number of morpholine rings is 1. The molecule has 0 spiro atoms. The second-order valence-electron chi connectivity index (χ2n) is 7.52. The van der Waals surface area contributed by atoms with Gasteiger partial charge in [0, 0.05) is 24.9 Å². The monoisotopic (exact) mass is 422 g/mol. The Labute approximate surface area is 180 Å². The van der Waals surface area contributed by atoms with E-state index in [1.54, 1.807) is 11.0 Å². The number of ether oxygens (including phenoxy) is 2. The maximum Gasteiger partial charge on any atom is 0.291 e. The zero-order valence-corrected chi connectivity index (χ0v) is 17.6. The number of carbonyl (C=O) groups is 2. The third-order valence-electron chi connectivity index (χ3n) is 5.16. The first-order chi connectivity index (χ1) is 15.1. The van der Waals surface area contributed by atoms with Gasteiger partial charge in [-0.05, 0) is 43.2 Å². The van der Waals surface area contributed by atoms with E-state index < -0.39 is 0 Å². The van der Waals surface area contributed by atoms with Crippen LogP contribution in [0.3, 0.4) is 0 Å². The number of amides is 2. The second kappa shape index (κ2) is 9.66. The Balaban J connectivity index is 1.41. The lowest BCUT2D eigenvalue weighted by Gasteiger charge is -2.26. The summed E-state index contributed by atoms with van der Waals surface area (Å²) in [6.07, 6.45) is 0.832. The number of aryl methyl sites for hydroxylation is 1. The van der Waals surface area contributed by atoms with Gasteiger partial charge >= 0.3 is 0 Å². The van der Waals surface area contributed by atoms with Gasteiger partial charge in [-0.3, -0.25) is 9.59 Å². The number of nitrogens with zero attached hydrogens (tertiary/aromatic N) is 1. The van der Waals surface area contributed by atoms with Gasteiger partial charge in [-0.1, -0.05) is 24.3 Å². The summed E-state index contributed by atoms with van der Waals surface area (Å²) in [6, 6.07) is 15.1. The fourth-order valence-electron chi connectivity index (χ4n) is 3.56. The predicted molar refractivity (Wildman–Crippen MR) is 117 cm³/mol. The van der Waals surface area contributed by atoms with E-state index in [1.165, 1.54) is 0 Å². The number of fused-ring (bicyclic) bond motifs is 1. The van der Waals surface area contributed by atoms with Crippen LogP contribution in [-0.2, 0) is 9.53 Å². The Kier molecular flexibility index (Phi) is 6.52. The first-order valence-electron chi connectivity index (χ1n) is 10.5. The number of hydrogen-bond acceptors (Lipinski definition) is 5.